The van der Waals surface area contributed by atoms with Crippen LogP contribution in [0, 0.1) is 23.7 Å². The molecule has 4 nitrogen and oxygen atoms in total. The number of nitrogen functional groups attached to an aromatic ring is 1. The highest BCUT2D eigenvalue weighted by molar-refractivity contribution is 5.92. The number of nitrogens with two attached hydrogens (primary N) is 1. The van der Waals surface area contributed by atoms with Crippen molar-refractivity contribution < 1.29 is 9.53 Å². The standard InChI is InChI=1S/C14H16N2O2/c1-10-11(3-2-4-12(10)16)13(17)18-9-14(5-6-14)7-8-15/h2-4H,5-7,9,16H2,1H3. The summed E-state index contributed by atoms with van der Waals surface area (Å²) in [5.74, 6) is -0.357. The molecule has 1 fully saturated rings. The van der Waals surface area contributed by atoms with Crippen molar-refractivity contribution in [3.8, 4) is 6.07 Å². The first-order chi connectivity index (χ1) is 8.58. The third-order valence-corrected chi connectivity index (χ3v) is 3.52. The summed E-state index contributed by atoms with van der Waals surface area (Å²) in [6.45, 7) is 2.13. The van der Waals surface area contributed by atoms with Crippen molar-refractivity contribution in [3.63, 3.8) is 0 Å². The van der Waals surface area contributed by atoms with Gasteiger partial charge in [-0.2, -0.15) is 5.26 Å². The molecule has 18 heavy (non-hydrogen) atoms. The van der Waals surface area contributed by atoms with Gasteiger partial charge in [0.1, 0.15) is 0 Å². The van der Waals surface area contributed by atoms with Crippen molar-refractivity contribution >= 4 is 11.7 Å². The Morgan fingerprint density at radius 1 is 1.56 bits per heavy atom. The van der Waals surface area contributed by atoms with Gasteiger partial charge in [0, 0.05) is 17.5 Å². The Labute approximate surface area is 106 Å². The second kappa shape index (κ2) is 4.69. The Morgan fingerprint density at radius 3 is 2.89 bits per heavy atom. The molecular weight excluding hydrogens is 228 g/mol. The molecule has 1 aromatic carbocycles. The Hall–Kier alpha value is -2.02. The fourth-order valence-electron chi connectivity index (χ4n) is 1.89. The molecule has 0 unspecified atom stereocenters. The highest BCUT2D eigenvalue weighted by Crippen LogP contribution is 2.48. The molecule has 0 bridgehead atoms. The van der Waals surface area contributed by atoms with Crippen LogP contribution in [-0.4, -0.2) is 12.6 Å². The molecular formula is C14H16N2O2. The topological polar surface area (TPSA) is 76.1 Å². The lowest BCUT2D eigenvalue weighted by Crippen LogP contribution is -2.16. The normalized spacial score (nSPS) is 15.8. The van der Waals surface area contributed by atoms with Crippen molar-refractivity contribution in [2.24, 2.45) is 5.41 Å². The van der Waals surface area contributed by atoms with E-state index in [1.807, 2.05) is 0 Å². The number of nitriles is 1. The van der Waals surface area contributed by atoms with Crippen molar-refractivity contribution in [2.75, 3.05) is 12.3 Å². The van der Waals surface area contributed by atoms with Crippen molar-refractivity contribution in [1.82, 2.24) is 0 Å². The number of rotatable bonds is 4. The lowest BCUT2D eigenvalue weighted by Gasteiger charge is -2.13. The average molecular weight is 244 g/mol. The van der Waals surface area contributed by atoms with Crippen molar-refractivity contribution in [3.05, 3.63) is 29.3 Å². The molecule has 0 spiro atoms. The smallest absolute Gasteiger partial charge is 0.338 e. The van der Waals surface area contributed by atoms with Gasteiger partial charge in [0.25, 0.3) is 0 Å². The van der Waals surface area contributed by atoms with E-state index >= 15 is 0 Å². The van der Waals surface area contributed by atoms with E-state index in [9.17, 15) is 4.79 Å². The van der Waals surface area contributed by atoms with Crippen LogP contribution in [0.3, 0.4) is 0 Å². The fraction of sp³-hybridized carbons (Fsp3) is 0.429. The van der Waals surface area contributed by atoms with Gasteiger partial charge in [-0.15, -0.1) is 0 Å². The molecule has 1 aromatic rings. The van der Waals surface area contributed by atoms with E-state index in [4.69, 9.17) is 15.7 Å². The molecule has 1 saturated carbocycles. The minimum absolute atomic E-state index is 0.0847. The number of carbonyl (C=O) groups excluding carboxylic acids is 1. The summed E-state index contributed by atoms with van der Waals surface area (Å²) in [4.78, 5) is 11.9. The van der Waals surface area contributed by atoms with Crippen LogP contribution < -0.4 is 5.73 Å². The summed E-state index contributed by atoms with van der Waals surface area (Å²) in [5, 5.41) is 8.70. The van der Waals surface area contributed by atoms with Gasteiger partial charge in [0.15, 0.2) is 0 Å². The molecule has 0 saturated heterocycles. The minimum atomic E-state index is -0.357. The number of hydrogen-bond donors (Lipinski definition) is 1. The zero-order valence-electron chi connectivity index (χ0n) is 10.4. The van der Waals surface area contributed by atoms with Gasteiger partial charge in [0.2, 0.25) is 0 Å². The molecule has 1 aliphatic carbocycles. The van der Waals surface area contributed by atoms with Gasteiger partial charge in [-0.3, -0.25) is 0 Å². The summed E-state index contributed by atoms with van der Waals surface area (Å²) in [7, 11) is 0. The molecule has 0 atom stereocenters. The quantitative estimate of drug-likeness (QED) is 0.652. The summed E-state index contributed by atoms with van der Waals surface area (Å²) < 4.78 is 5.30. The minimum Gasteiger partial charge on any atom is -0.461 e. The van der Waals surface area contributed by atoms with Crippen molar-refractivity contribution in [1.29, 1.82) is 5.26 Å². The van der Waals surface area contributed by atoms with Crippen LogP contribution in [0.1, 0.15) is 35.2 Å². The first-order valence-corrected chi connectivity index (χ1v) is 5.97. The monoisotopic (exact) mass is 244 g/mol. The Morgan fingerprint density at radius 2 is 2.28 bits per heavy atom. The molecule has 2 rings (SSSR count). The van der Waals surface area contributed by atoms with Gasteiger partial charge < -0.3 is 10.5 Å². The molecule has 0 heterocycles. The number of carbonyl (C=O) groups is 1. The fourth-order valence-corrected chi connectivity index (χ4v) is 1.89. The van der Waals surface area contributed by atoms with Gasteiger partial charge in [-0.1, -0.05) is 6.07 Å². The molecule has 1 aliphatic rings. The van der Waals surface area contributed by atoms with Gasteiger partial charge >= 0.3 is 5.97 Å². The molecule has 0 aliphatic heterocycles. The Balaban J connectivity index is 2.01. The van der Waals surface area contributed by atoms with Gasteiger partial charge in [0.05, 0.1) is 18.2 Å². The van der Waals surface area contributed by atoms with Crippen LogP contribution in [0.2, 0.25) is 0 Å². The van der Waals surface area contributed by atoms with E-state index in [-0.39, 0.29) is 11.4 Å². The number of benzene rings is 1. The second-order valence-corrected chi connectivity index (χ2v) is 4.93. The predicted octanol–water partition coefficient (Wildman–Crippen LogP) is 2.43. The van der Waals surface area contributed by atoms with Crippen LogP contribution >= 0.6 is 0 Å². The maximum Gasteiger partial charge on any atom is 0.338 e. The lowest BCUT2D eigenvalue weighted by atomic mass is 10.0. The van der Waals surface area contributed by atoms with Crippen molar-refractivity contribution in [2.45, 2.75) is 26.2 Å². The summed E-state index contributed by atoms with van der Waals surface area (Å²) in [5.41, 5.74) is 7.50. The van der Waals surface area contributed by atoms with Gasteiger partial charge in [-0.25, -0.2) is 4.79 Å². The number of ether oxygens (including phenoxy) is 1. The number of esters is 1. The molecule has 0 radical (unpaired) electrons. The van der Waals surface area contributed by atoms with Crippen LogP contribution in [0.5, 0.6) is 0 Å². The maximum absolute atomic E-state index is 11.9. The summed E-state index contributed by atoms with van der Waals surface area (Å²) >= 11 is 0. The third kappa shape index (κ3) is 2.45. The highest BCUT2D eigenvalue weighted by atomic mass is 16.5. The third-order valence-electron chi connectivity index (χ3n) is 3.52. The van der Waals surface area contributed by atoms with Crippen LogP contribution in [0.15, 0.2) is 18.2 Å². The zero-order chi connectivity index (χ0) is 13.2. The predicted molar refractivity (Wildman–Crippen MR) is 67.8 cm³/mol. The van der Waals surface area contributed by atoms with E-state index in [1.165, 1.54) is 0 Å². The van der Waals surface area contributed by atoms with Crippen LogP contribution in [-0.2, 0) is 4.74 Å². The first-order valence-electron chi connectivity index (χ1n) is 5.97. The van der Waals surface area contributed by atoms with E-state index in [2.05, 4.69) is 6.07 Å². The number of anilines is 1. The molecule has 0 amide bonds. The zero-order valence-corrected chi connectivity index (χ0v) is 10.4. The summed E-state index contributed by atoms with van der Waals surface area (Å²) in [6.07, 6.45) is 2.38. The van der Waals surface area contributed by atoms with E-state index in [1.54, 1.807) is 25.1 Å². The first kappa shape index (κ1) is 12.4. The Kier molecular flexibility index (Phi) is 3.24. The molecule has 2 N–H and O–H groups in total. The average Bonchev–Trinajstić information content (AvgIpc) is 3.11. The molecule has 4 heteroatoms. The van der Waals surface area contributed by atoms with E-state index in [0.717, 1.165) is 18.4 Å². The lowest BCUT2D eigenvalue weighted by molar-refractivity contribution is 0.0418. The largest absolute Gasteiger partial charge is 0.461 e. The molecule has 0 aromatic heterocycles. The van der Waals surface area contributed by atoms with E-state index < -0.39 is 0 Å². The van der Waals surface area contributed by atoms with Crippen LogP contribution in [0.4, 0.5) is 5.69 Å². The second-order valence-electron chi connectivity index (χ2n) is 4.93. The maximum atomic E-state index is 11.9. The van der Waals surface area contributed by atoms with Gasteiger partial charge in [-0.05, 0) is 37.5 Å². The summed E-state index contributed by atoms with van der Waals surface area (Å²) in [6, 6.07) is 7.34. The highest BCUT2D eigenvalue weighted by Gasteiger charge is 2.43. The Bertz CT molecular complexity index is 513. The number of nitrogens with zero attached hydrogens (tertiary/aromatic N) is 1. The SMILES string of the molecule is Cc1c(N)cccc1C(=O)OCC1(CC#N)CC1. The molecule has 94 valence electrons. The van der Waals surface area contributed by atoms with Crippen LogP contribution in [0.25, 0.3) is 0 Å². The number of hydrogen-bond acceptors (Lipinski definition) is 4. The van der Waals surface area contributed by atoms with E-state index in [0.29, 0.717) is 24.3 Å².